The molecule has 0 atom stereocenters. The standard InChI is InChI=1S/C8H13FN2O/c1-8(2,12)7-3-5-10-11(7)6-4-9/h3,5,12H,4,6H2,1-2H3. The minimum atomic E-state index is -0.953. The maximum atomic E-state index is 12.0. The van der Waals surface area contributed by atoms with Crippen LogP contribution >= 0.6 is 0 Å². The topological polar surface area (TPSA) is 38.1 Å². The highest BCUT2D eigenvalue weighted by Crippen LogP contribution is 2.18. The smallest absolute Gasteiger partial charge is 0.109 e. The molecule has 0 amide bonds. The Morgan fingerprint density at radius 3 is 2.83 bits per heavy atom. The highest BCUT2D eigenvalue weighted by atomic mass is 19.1. The summed E-state index contributed by atoms with van der Waals surface area (Å²) in [4.78, 5) is 0. The van der Waals surface area contributed by atoms with E-state index in [1.807, 2.05) is 0 Å². The van der Waals surface area contributed by atoms with Gasteiger partial charge in [0.05, 0.1) is 12.2 Å². The molecule has 68 valence electrons. The van der Waals surface area contributed by atoms with Gasteiger partial charge >= 0.3 is 0 Å². The zero-order valence-electron chi connectivity index (χ0n) is 7.29. The van der Waals surface area contributed by atoms with Crippen LogP contribution in [0.15, 0.2) is 12.3 Å². The molecule has 0 radical (unpaired) electrons. The van der Waals surface area contributed by atoms with Crippen molar-refractivity contribution in [2.75, 3.05) is 6.67 Å². The summed E-state index contributed by atoms with van der Waals surface area (Å²) >= 11 is 0. The van der Waals surface area contributed by atoms with Crippen molar-refractivity contribution in [3.05, 3.63) is 18.0 Å². The Morgan fingerprint density at radius 1 is 1.67 bits per heavy atom. The van der Waals surface area contributed by atoms with Gasteiger partial charge < -0.3 is 5.11 Å². The van der Waals surface area contributed by atoms with E-state index in [-0.39, 0.29) is 6.54 Å². The van der Waals surface area contributed by atoms with Gasteiger partial charge in [-0.1, -0.05) is 0 Å². The lowest BCUT2D eigenvalue weighted by Gasteiger charge is -2.18. The van der Waals surface area contributed by atoms with Crippen LogP contribution in [0, 0.1) is 0 Å². The zero-order chi connectivity index (χ0) is 9.19. The summed E-state index contributed by atoms with van der Waals surface area (Å²) in [6, 6.07) is 1.69. The van der Waals surface area contributed by atoms with Crippen LogP contribution in [0.5, 0.6) is 0 Å². The Morgan fingerprint density at radius 2 is 2.33 bits per heavy atom. The Bertz CT molecular complexity index is 252. The van der Waals surface area contributed by atoms with Gasteiger partial charge in [-0.3, -0.25) is 4.68 Å². The van der Waals surface area contributed by atoms with Gasteiger partial charge in [0.25, 0.3) is 0 Å². The third-order valence-electron chi connectivity index (χ3n) is 1.64. The average molecular weight is 172 g/mol. The van der Waals surface area contributed by atoms with Crippen molar-refractivity contribution >= 4 is 0 Å². The van der Waals surface area contributed by atoms with E-state index in [4.69, 9.17) is 0 Å². The molecule has 1 aromatic heterocycles. The molecule has 0 unspecified atom stereocenters. The predicted octanol–water partition coefficient (Wildman–Crippen LogP) is 1.08. The first kappa shape index (κ1) is 9.19. The van der Waals surface area contributed by atoms with Gasteiger partial charge in [-0.15, -0.1) is 0 Å². The lowest BCUT2D eigenvalue weighted by molar-refractivity contribution is 0.0678. The normalized spacial score (nSPS) is 12.0. The minimum absolute atomic E-state index is 0.201. The quantitative estimate of drug-likeness (QED) is 0.740. The Kier molecular flexibility index (Phi) is 2.47. The molecule has 1 rings (SSSR count). The molecule has 0 fully saturated rings. The maximum Gasteiger partial charge on any atom is 0.109 e. The second-order valence-electron chi connectivity index (χ2n) is 3.19. The minimum Gasteiger partial charge on any atom is -0.384 e. The van der Waals surface area contributed by atoms with Gasteiger partial charge in [0.2, 0.25) is 0 Å². The third kappa shape index (κ3) is 1.82. The van der Waals surface area contributed by atoms with E-state index in [0.29, 0.717) is 5.69 Å². The van der Waals surface area contributed by atoms with Crippen molar-refractivity contribution in [3.63, 3.8) is 0 Å². The number of hydrogen-bond donors (Lipinski definition) is 1. The number of rotatable bonds is 3. The number of aliphatic hydroxyl groups is 1. The molecule has 1 aromatic rings. The van der Waals surface area contributed by atoms with Gasteiger partial charge in [0, 0.05) is 6.20 Å². The summed E-state index contributed by atoms with van der Waals surface area (Å²) in [5.74, 6) is 0. The van der Waals surface area contributed by atoms with Crippen molar-refractivity contribution in [3.8, 4) is 0 Å². The summed E-state index contributed by atoms with van der Waals surface area (Å²) in [6.45, 7) is 3.04. The molecule has 0 saturated carbocycles. The van der Waals surface area contributed by atoms with Crippen LogP contribution in [0.25, 0.3) is 0 Å². The summed E-state index contributed by atoms with van der Waals surface area (Å²) < 4.78 is 13.5. The van der Waals surface area contributed by atoms with Crippen molar-refractivity contribution < 1.29 is 9.50 Å². The monoisotopic (exact) mass is 172 g/mol. The highest BCUT2D eigenvalue weighted by Gasteiger charge is 2.20. The van der Waals surface area contributed by atoms with Crippen molar-refractivity contribution in [1.29, 1.82) is 0 Å². The number of aryl methyl sites for hydroxylation is 1. The first-order chi connectivity index (χ1) is 5.55. The molecule has 0 aliphatic carbocycles. The molecule has 3 nitrogen and oxygen atoms in total. The second kappa shape index (κ2) is 3.23. The van der Waals surface area contributed by atoms with E-state index >= 15 is 0 Å². The molecule has 1 heterocycles. The molecule has 4 heteroatoms. The summed E-state index contributed by atoms with van der Waals surface area (Å²) in [6.07, 6.45) is 1.56. The molecule has 0 aliphatic heterocycles. The maximum absolute atomic E-state index is 12.0. The van der Waals surface area contributed by atoms with Crippen LogP contribution < -0.4 is 0 Å². The second-order valence-corrected chi connectivity index (χ2v) is 3.19. The molecule has 0 aliphatic rings. The van der Waals surface area contributed by atoms with Crippen molar-refractivity contribution in [2.45, 2.75) is 26.0 Å². The molecule has 1 N–H and O–H groups in total. The molecular weight excluding hydrogens is 159 g/mol. The van der Waals surface area contributed by atoms with E-state index in [1.165, 1.54) is 4.68 Å². The fourth-order valence-corrected chi connectivity index (χ4v) is 1.11. The van der Waals surface area contributed by atoms with Gasteiger partial charge in [-0.25, -0.2) is 4.39 Å². The van der Waals surface area contributed by atoms with Gasteiger partial charge in [-0.2, -0.15) is 5.10 Å². The number of hydrogen-bond acceptors (Lipinski definition) is 2. The number of aromatic nitrogens is 2. The molecule has 0 aromatic carbocycles. The van der Waals surface area contributed by atoms with E-state index in [1.54, 1.807) is 26.1 Å². The summed E-state index contributed by atoms with van der Waals surface area (Å²) in [7, 11) is 0. The Hall–Kier alpha value is -0.900. The first-order valence-electron chi connectivity index (χ1n) is 3.86. The van der Waals surface area contributed by atoms with Gasteiger partial charge in [0.15, 0.2) is 0 Å². The number of nitrogens with zero attached hydrogens (tertiary/aromatic N) is 2. The Labute approximate surface area is 70.8 Å². The van der Waals surface area contributed by atoms with Gasteiger partial charge in [0.1, 0.15) is 12.3 Å². The van der Waals surface area contributed by atoms with E-state index in [0.717, 1.165) is 0 Å². The first-order valence-corrected chi connectivity index (χ1v) is 3.86. The lowest BCUT2D eigenvalue weighted by atomic mass is 10.1. The summed E-state index contributed by atoms with van der Waals surface area (Å²) in [5.41, 5.74) is -0.314. The predicted molar refractivity (Wildman–Crippen MR) is 43.4 cm³/mol. The SMILES string of the molecule is CC(C)(O)c1ccnn1CCF. The van der Waals surface area contributed by atoms with E-state index in [2.05, 4.69) is 5.10 Å². The lowest BCUT2D eigenvalue weighted by Crippen LogP contribution is -2.22. The fourth-order valence-electron chi connectivity index (χ4n) is 1.11. The van der Waals surface area contributed by atoms with Crippen molar-refractivity contribution in [2.24, 2.45) is 0 Å². The van der Waals surface area contributed by atoms with Crippen LogP contribution in [0.1, 0.15) is 19.5 Å². The zero-order valence-corrected chi connectivity index (χ0v) is 7.29. The average Bonchev–Trinajstić information content (AvgIpc) is 2.34. The molecular formula is C8H13FN2O. The van der Waals surface area contributed by atoms with Crippen LogP contribution in [0.3, 0.4) is 0 Å². The molecule has 0 saturated heterocycles. The molecule has 12 heavy (non-hydrogen) atoms. The summed E-state index contributed by atoms with van der Waals surface area (Å²) in [5, 5.41) is 13.5. The van der Waals surface area contributed by atoms with Crippen molar-refractivity contribution in [1.82, 2.24) is 9.78 Å². The molecule has 0 spiro atoms. The van der Waals surface area contributed by atoms with E-state index in [9.17, 15) is 9.50 Å². The largest absolute Gasteiger partial charge is 0.384 e. The number of alkyl halides is 1. The van der Waals surface area contributed by atoms with E-state index < -0.39 is 12.3 Å². The molecule has 0 bridgehead atoms. The fraction of sp³-hybridized carbons (Fsp3) is 0.625. The third-order valence-corrected chi connectivity index (χ3v) is 1.64. The highest BCUT2D eigenvalue weighted by molar-refractivity contribution is 5.08. The Balaban J connectivity index is 2.91. The van der Waals surface area contributed by atoms with Crippen LogP contribution in [-0.2, 0) is 12.1 Å². The van der Waals surface area contributed by atoms with Crippen LogP contribution in [0.2, 0.25) is 0 Å². The van der Waals surface area contributed by atoms with Crippen LogP contribution in [0.4, 0.5) is 4.39 Å². The van der Waals surface area contributed by atoms with Gasteiger partial charge in [-0.05, 0) is 19.9 Å². The number of halogens is 1. The van der Waals surface area contributed by atoms with Crippen LogP contribution in [-0.4, -0.2) is 21.6 Å².